The first kappa shape index (κ1) is 22.8. The van der Waals surface area contributed by atoms with Gasteiger partial charge in [0.2, 0.25) is 5.91 Å². The van der Waals surface area contributed by atoms with Gasteiger partial charge >= 0.3 is 0 Å². The molecule has 1 N–H and O–H groups in total. The maximum absolute atomic E-state index is 12.9. The molecule has 0 aliphatic rings. The lowest BCUT2D eigenvalue weighted by Gasteiger charge is -2.28. The summed E-state index contributed by atoms with van der Waals surface area (Å²) in [5.41, 5.74) is 1.11. The van der Waals surface area contributed by atoms with Gasteiger partial charge in [0.1, 0.15) is 11.8 Å². The average molecular weight is 417 g/mol. The van der Waals surface area contributed by atoms with Gasteiger partial charge in [0.25, 0.3) is 5.91 Å². The van der Waals surface area contributed by atoms with Crippen molar-refractivity contribution in [2.75, 3.05) is 19.7 Å². The number of benzene rings is 2. The lowest BCUT2D eigenvalue weighted by atomic mass is 10.1. The molecule has 0 unspecified atom stereocenters. The van der Waals surface area contributed by atoms with Gasteiger partial charge in [0.05, 0.1) is 0 Å². The van der Waals surface area contributed by atoms with Crippen LogP contribution in [0.5, 0.6) is 5.75 Å². The number of rotatable bonds is 11. The molecule has 0 spiro atoms. The molecular weight excluding hydrogens is 388 g/mol. The lowest BCUT2D eigenvalue weighted by Crippen LogP contribution is -2.50. The number of hydrogen-bond donors (Lipinski definition) is 1. The van der Waals surface area contributed by atoms with Crippen LogP contribution >= 0.6 is 11.6 Å². The van der Waals surface area contributed by atoms with Gasteiger partial charge in [-0.25, -0.2) is 0 Å². The van der Waals surface area contributed by atoms with Gasteiger partial charge in [-0.05, 0) is 49.6 Å². The largest absolute Gasteiger partial charge is 0.484 e. The fourth-order valence-corrected chi connectivity index (χ4v) is 2.99. The number of hydrogen-bond acceptors (Lipinski definition) is 3. The van der Waals surface area contributed by atoms with Crippen molar-refractivity contribution in [3.8, 4) is 5.75 Å². The summed E-state index contributed by atoms with van der Waals surface area (Å²) in [5, 5.41) is 3.51. The minimum Gasteiger partial charge on any atom is -0.484 e. The van der Waals surface area contributed by atoms with E-state index in [2.05, 4.69) is 12.2 Å². The third kappa shape index (κ3) is 7.78. The number of nitrogens with one attached hydrogen (secondary N) is 1. The SMILES string of the molecule is CCCCNC(=O)[C@H](C)N(CCc1ccccc1)C(=O)COc1ccc(Cl)cc1. The predicted octanol–water partition coefficient (Wildman–Crippen LogP) is 4.09. The standard InChI is InChI=1S/C23H29ClN2O3/c1-3-4-15-25-23(28)18(2)26(16-14-19-8-6-5-7-9-19)22(27)17-29-21-12-10-20(24)11-13-21/h5-13,18H,3-4,14-17H2,1-2H3,(H,25,28)/t18-/m0/s1. The topological polar surface area (TPSA) is 58.6 Å². The summed E-state index contributed by atoms with van der Waals surface area (Å²) in [6, 6.07) is 16.2. The zero-order chi connectivity index (χ0) is 21.1. The summed E-state index contributed by atoms with van der Waals surface area (Å²) < 4.78 is 5.60. The van der Waals surface area contributed by atoms with Gasteiger partial charge in [-0.3, -0.25) is 9.59 Å². The molecule has 0 heterocycles. The van der Waals surface area contributed by atoms with E-state index in [0.717, 1.165) is 18.4 Å². The second-order valence-corrected chi connectivity index (χ2v) is 7.32. The molecule has 0 radical (unpaired) electrons. The van der Waals surface area contributed by atoms with Crippen LogP contribution in [0.15, 0.2) is 54.6 Å². The third-order valence-electron chi connectivity index (χ3n) is 4.66. The van der Waals surface area contributed by atoms with Crippen LogP contribution < -0.4 is 10.1 Å². The molecule has 0 fully saturated rings. The van der Waals surface area contributed by atoms with Crippen molar-refractivity contribution in [2.45, 2.75) is 39.2 Å². The zero-order valence-electron chi connectivity index (χ0n) is 17.1. The third-order valence-corrected chi connectivity index (χ3v) is 4.91. The van der Waals surface area contributed by atoms with E-state index in [-0.39, 0.29) is 18.4 Å². The molecule has 0 aliphatic carbocycles. The van der Waals surface area contributed by atoms with Gasteiger partial charge in [0, 0.05) is 18.1 Å². The molecule has 2 aromatic rings. The van der Waals surface area contributed by atoms with E-state index in [9.17, 15) is 9.59 Å². The summed E-state index contributed by atoms with van der Waals surface area (Å²) in [6.07, 6.45) is 2.58. The number of nitrogens with zero attached hydrogens (tertiary/aromatic N) is 1. The van der Waals surface area contributed by atoms with Gasteiger partial charge < -0.3 is 15.0 Å². The molecule has 1 atom stereocenters. The molecule has 6 heteroatoms. The first-order chi connectivity index (χ1) is 14.0. The Balaban J connectivity index is 2.01. The molecule has 2 amide bonds. The molecule has 0 saturated heterocycles. The molecule has 2 rings (SSSR count). The van der Waals surface area contributed by atoms with Crippen molar-refractivity contribution in [2.24, 2.45) is 0 Å². The fraction of sp³-hybridized carbons (Fsp3) is 0.391. The number of halogens is 1. The second kappa shape index (κ2) is 12.1. The fourth-order valence-electron chi connectivity index (χ4n) is 2.86. The van der Waals surface area contributed by atoms with Crippen molar-refractivity contribution < 1.29 is 14.3 Å². The van der Waals surface area contributed by atoms with Crippen molar-refractivity contribution in [1.29, 1.82) is 0 Å². The highest BCUT2D eigenvalue weighted by Crippen LogP contribution is 2.16. The monoisotopic (exact) mass is 416 g/mol. The first-order valence-electron chi connectivity index (χ1n) is 10.0. The minimum absolute atomic E-state index is 0.136. The Morgan fingerprint density at radius 1 is 1.10 bits per heavy atom. The molecule has 0 aromatic heterocycles. The van der Waals surface area contributed by atoms with E-state index >= 15 is 0 Å². The van der Waals surface area contributed by atoms with Crippen molar-refractivity contribution in [3.63, 3.8) is 0 Å². The summed E-state index contributed by atoms with van der Waals surface area (Å²) >= 11 is 5.88. The highest BCUT2D eigenvalue weighted by molar-refractivity contribution is 6.30. The van der Waals surface area contributed by atoms with Crippen LogP contribution in [0.2, 0.25) is 5.02 Å². The van der Waals surface area contributed by atoms with Gasteiger partial charge in [-0.1, -0.05) is 55.3 Å². The van der Waals surface area contributed by atoms with Crippen molar-refractivity contribution in [3.05, 3.63) is 65.2 Å². The van der Waals surface area contributed by atoms with Crippen LogP contribution in [0.1, 0.15) is 32.3 Å². The number of carbonyl (C=O) groups is 2. The number of carbonyl (C=O) groups excluding carboxylic acids is 2. The highest BCUT2D eigenvalue weighted by Gasteiger charge is 2.25. The normalized spacial score (nSPS) is 11.6. The molecule has 0 saturated carbocycles. The first-order valence-corrected chi connectivity index (χ1v) is 10.4. The molecule has 156 valence electrons. The molecule has 0 bridgehead atoms. The molecule has 5 nitrogen and oxygen atoms in total. The summed E-state index contributed by atoms with van der Waals surface area (Å²) in [7, 11) is 0. The Morgan fingerprint density at radius 2 is 1.79 bits per heavy atom. The van der Waals surface area contributed by atoms with Crippen molar-refractivity contribution >= 4 is 23.4 Å². The summed E-state index contributed by atoms with van der Waals surface area (Å²) in [5.74, 6) is 0.186. The van der Waals surface area contributed by atoms with E-state index in [1.807, 2.05) is 30.3 Å². The van der Waals surface area contributed by atoms with Crippen LogP contribution in [-0.2, 0) is 16.0 Å². The molecule has 29 heavy (non-hydrogen) atoms. The molecule has 0 aliphatic heterocycles. The maximum Gasteiger partial charge on any atom is 0.261 e. The van der Waals surface area contributed by atoms with Crippen LogP contribution in [0.25, 0.3) is 0 Å². The van der Waals surface area contributed by atoms with Crippen LogP contribution in [0, 0.1) is 0 Å². The maximum atomic E-state index is 12.9. The molecular formula is C23H29ClN2O3. The lowest BCUT2D eigenvalue weighted by molar-refractivity contribution is -0.141. The Morgan fingerprint density at radius 3 is 2.45 bits per heavy atom. The zero-order valence-corrected chi connectivity index (χ0v) is 17.8. The number of unbranched alkanes of at least 4 members (excludes halogenated alkanes) is 1. The van der Waals surface area contributed by atoms with Gasteiger partial charge in [0.15, 0.2) is 6.61 Å². The van der Waals surface area contributed by atoms with Crippen LogP contribution in [0.4, 0.5) is 0 Å². The van der Waals surface area contributed by atoms with E-state index < -0.39 is 6.04 Å². The quantitative estimate of drug-likeness (QED) is 0.561. The highest BCUT2D eigenvalue weighted by atomic mass is 35.5. The second-order valence-electron chi connectivity index (χ2n) is 6.89. The summed E-state index contributed by atoms with van der Waals surface area (Å²) in [6.45, 7) is 4.74. The Bertz CT molecular complexity index is 765. The Hall–Kier alpha value is -2.53. The van der Waals surface area contributed by atoms with E-state index in [0.29, 0.717) is 30.3 Å². The Kier molecular flexibility index (Phi) is 9.51. The van der Waals surface area contributed by atoms with Crippen LogP contribution in [0.3, 0.4) is 0 Å². The van der Waals surface area contributed by atoms with Gasteiger partial charge in [-0.15, -0.1) is 0 Å². The number of ether oxygens (including phenoxy) is 1. The van der Waals surface area contributed by atoms with Gasteiger partial charge in [-0.2, -0.15) is 0 Å². The van der Waals surface area contributed by atoms with E-state index in [4.69, 9.17) is 16.3 Å². The van der Waals surface area contributed by atoms with E-state index in [1.165, 1.54) is 0 Å². The Labute approximate surface area is 178 Å². The average Bonchev–Trinajstić information content (AvgIpc) is 2.74. The van der Waals surface area contributed by atoms with Crippen molar-refractivity contribution in [1.82, 2.24) is 10.2 Å². The smallest absolute Gasteiger partial charge is 0.261 e. The predicted molar refractivity (Wildman–Crippen MR) is 116 cm³/mol. The number of amides is 2. The van der Waals surface area contributed by atoms with E-state index in [1.54, 1.807) is 36.1 Å². The summed E-state index contributed by atoms with van der Waals surface area (Å²) in [4.78, 5) is 27.0. The van der Waals surface area contributed by atoms with Crippen LogP contribution in [-0.4, -0.2) is 42.5 Å². The molecule has 2 aromatic carbocycles. The minimum atomic E-state index is -0.572.